The molecule has 1 nitrogen and oxygen atoms in total. The Labute approximate surface area is 123 Å². The van der Waals surface area contributed by atoms with Crippen molar-refractivity contribution >= 4 is 0 Å². The predicted molar refractivity (Wildman–Crippen MR) is 77.2 cm³/mol. The van der Waals surface area contributed by atoms with Crippen molar-refractivity contribution < 1.29 is 8.78 Å². The molecule has 1 heterocycles. The van der Waals surface area contributed by atoms with E-state index in [0.717, 1.165) is 19.3 Å². The van der Waals surface area contributed by atoms with Gasteiger partial charge in [0.25, 0.3) is 0 Å². The van der Waals surface area contributed by atoms with E-state index in [4.69, 9.17) is 0 Å². The largest absolute Gasteiger partial charge is 0.260 e. The van der Waals surface area contributed by atoms with E-state index in [9.17, 15) is 8.78 Å². The van der Waals surface area contributed by atoms with Gasteiger partial charge in [-0.15, -0.1) is 0 Å². The van der Waals surface area contributed by atoms with Crippen LogP contribution in [0.4, 0.5) is 8.78 Å². The summed E-state index contributed by atoms with van der Waals surface area (Å²) in [6, 6.07) is 8.56. The van der Waals surface area contributed by atoms with Crippen molar-refractivity contribution in [3.8, 4) is 0 Å². The lowest BCUT2D eigenvalue weighted by atomic mass is 9.89. The summed E-state index contributed by atoms with van der Waals surface area (Å²) < 4.78 is 27.6. The molecule has 0 amide bonds. The molecule has 108 valence electrons. The van der Waals surface area contributed by atoms with Gasteiger partial charge in [0, 0.05) is 17.3 Å². The number of aromatic nitrogens is 1. The van der Waals surface area contributed by atoms with Crippen LogP contribution in [0.5, 0.6) is 0 Å². The van der Waals surface area contributed by atoms with Crippen LogP contribution in [0.3, 0.4) is 0 Å². The number of halogens is 2. The second kappa shape index (κ2) is 4.62. The Kier molecular flexibility index (Phi) is 2.84. The van der Waals surface area contributed by atoms with E-state index in [2.05, 4.69) is 11.1 Å². The standard InChI is InChI=1S/C18H17F2N/c19-15-5-1-4-14(16(15)20)12-6-7-18(8-9-18)17-13(11-12)3-2-10-21-17/h1-5,10,12H,6-9,11H2. The quantitative estimate of drug-likeness (QED) is 0.751. The molecule has 1 fully saturated rings. The fourth-order valence-corrected chi connectivity index (χ4v) is 3.76. The highest BCUT2D eigenvalue weighted by atomic mass is 19.2. The van der Waals surface area contributed by atoms with Crippen molar-refractivity contribution in [1.29, 1.82) is 0 Å². The zero-order valence-electron chi connectivity index (χ0n) is 11.8. The Bertz CT molecular complexity index is 691. The van der Waals surface area contributed by atoms with Gasteiger partial charge in [0.15, 0.2) is 11.6 Å². The Morgan fingerprint density at radius 3 is 2.71 bits per heavy atom. The maximum atomic E-state index is 14.1. The van der Waals surface area contributed by atoms with Crippen LogP contribution in [0.25, 0.3) is 0 Å². The van der Waals surface area contributed by atoms with Gasteiger partial charge in [-0.2, -0.15) is 0 Å². The van der Waals surface area contributed by atoms with Gasteiger partial charge in [-0.05, 0) is 61.3 Å². The predicted octanol–water partition coefficient (Wildman–Crippen LogP) is 4.51. The average molecular weight is 285 g/mol. The Hall–Kier alpha value is -1.77. The van der Waals surface area contributed by atoms with E-state index in [1.165, 1.54) is 30.2 Å². The third-order valence-electron chi connectivity index (χ3n) is 5.11. The van der Waals surface area contributed by atoms with Crippen molar-refractivity contribution in [1.82, 2.24) is 4.98 Å². The minimum Gasteiger partial charge on any atom is -0.260 e. The topological polar surface area (TPSA) is 12.9 Å². The monoisotopic (exact) mass is 285 g/mol. The molecule has 1 unspecified atom stereocenters. The van der Waals surface area contributed by atoms with Gasteiger partial charge in [-0.25, -0.2) is 8.78 Å². The fourth-order valence-electron chi connectivity index (χ4n) is 3.76. The SMILES string of the molecule is Fc1cccc(C2CCC3(CC3)c3ncccc3C2)c1F. The maximum Gasteiger partial charge on any atom is 0.162 e. The lowest BCUT2D eigenvalue weighted by Crippen LogP contribution is -2.09. The summed E-state index contributed by atoms with van der Waals surface area (Å²) in [5.74, 6) is -1.38. The molecule has 2 aliphatic rings. The maximum absolute atomic E-state index is 14.1. The van der Waals surface area contributed by atoms with Gasteiger partial charge in [0.05, 0.1) is 0 Å². The summed E-state index contributed by atoms with van der Waals surface area (Å²) in [6.07, 6.45) is 6.88. The molecular weight excluding hydrogens is 268 g/mol. The van der Waals surface area contributed by atoms with Crippen molar-refractivity contribution in [3.63, 3.8) is 0 Å². The third kappa shape index (κ3) is 2.06. The lowest BCUT2D eigenvalue weighted by molar-refractivity contribution is 0.471. The third-order valence-corrected chi connectivity index (χ3v) is 5.11. The second-order valence-electron chi connectivity index (χ2n) is 6.37. The summed E-state index contributed by atoms with van der Waals surface area (Å²) in [5, 5.41) is 0. The number of rotatable bonds is 1. The molecule has 1 saturated carbocycles. The lowest BCUT2D eigenvalue weighted by Gasteiger charge is -2.16. The Morgan fingerprint density at radius 2 is 1.90 bits per heavy atom. The minimum atomic E-state index is -0.746. The molecule has 3 heteroatoms. The van der Waals surface area contributed by atoms with Gasteiger partial charge in [0.1, 0.15) is 0 Å². The molecule has 0 bridgehead atoms. The Morgan fingerprint density at radius 1 is 1.05 bits per heavy atom. The number of pyridine rings is 1. The molecular formula is C18H17F2N. The minimum absolute atomic E-state index is 0.0450. The van der Waals surface area contributed by atoms with Crippen LogP contribution in [-0.2, 0) is 11.8 Å². The van der Waals surface area contributed by atoms with Crippen LogP contribution in [0.1, 0.15) is 48.4 Å². The van der Waals surface area contributed by atoms with Crippen molar-refractivity contribution in [3.05, 3.63) is 65.0 Å². The summed E-state index contributed by atoms with van der Waals surface area (Å²) in [4.78, 5) is 4.59. The van der Waals surface area contributed by atoms with Gasteiger partial charge < -0.3 is 0 Å². The second-order valence-corrected chi connectivity index (χ2v) is 6.37. The first-order chi connectivity index (χ1) is 10.2. The molecule has 1 aromatic carbocycles. The van der Waals surface area contributed by atoms with Crippen molar-refractivity contribution in [2.75, 3.05) is 0 Å². The normalized spacial score (nSPS) is 22.7. The van der Waals surface area contributed by atoms with Gasteiger partial charge >= 0.3 is 0 Å². The summed E-state index contributed by atoms with van der Waals surface area (Å²) in [5.41, 5.74) is 3.14. The number of benzene rings is 1. The molecule has 2 aromatic rings. The summed E-state index contributed by atoms with van der Waals surface area (Å²) >= 11 is 0. The Balaban J connectivity index is 1.76. The summed E-state index contributed by atoms with van der Waals surface area (Å²) in [7, 11) is 0. The van der Waals surface area contributed by atoms with Gasteiger partial charge in [-0.3, -0.25) is 4.98 Å². The first-order valence-electron chi connectivity index (χ1n) is 7.58. The molecule has 0 aliphatic heterocycles. The van der Waals surface area contributed by atoms with E-state index >= 15 is 0 Å². The highest BCUT2D eigenvalue weighted by Gasteiger charge is 2.48. The van der Waals surface area contributed by atoms with E-state index in [-0.39, 0.29) is 11.3 Å². The molecule has 0 N–H and O–H groups in total. The molecule has 1 spiro atoms. The average Bonchev–Trinajstić information content (AvgIpc) is 3.30. The van der Waals surface area contributed by atoms with Crippen LogP contribution in [-0.4, -0.2) is 4.98 Å². The number of hydrogen-bond donors (Lipinski definition) is 0. The summed E-state index contributed by atoms with van der Waals surface area (Å²) in [6.45, 7) is 0. The molecule has 21 heavy (non-hydrogen) atoms. The first-order valence-corrected chi connectivity index (χ1v) is 7.58. The zero-order valence-corrected chi connectivity index (χ0v) is 11.8. The number of hydrogen-bond acceptors (Lipinski definition) is 1. The van der Waals surface area contributed by atoms with E-state index in [1.54, 1.807) is 12.1 Å². The van der Waals surface area contributed by atoms with Crippen LogP contribution in [0.2, 0.25) is 0 Å². The van der Waals surface area contributed by atoms with Crippen LogP contribution in [0, 0.1) is 11.6 Å². The highest BCUT2D eigenvalue weighted by molar-refractivity contribution is 5.37. The zero-order chi connectivity index (χ0) is 14.4. The van der Waals surface area contributed by atoms with Crippen LogP contribution in [0.15, 0.2) is 36.5 Å². The number of nitrogens with zero attached hydrogens (tertiary/aromatic N) is 1. The molecule has 1 aromatic heterocycles. The van der Waals surface area contributed by atoms with E-state index in [1.807, 2.05) is 12.3 Å². The number of fused-ring (bicyclic) bond motifs is 2. The molecule has 2 aliphatic carbocycles. The van der Waals surface area contributed by atoms with Crippen molar-refractivity contribution in [2.45, 2.75) is 43.4 Å². The first kappa shape index (κ1) is 12.9. The van der Waals surface area contributed by atoms with Crippen LogP contribution < -0.4 is 0 Å². The molecule has 0 saturated heterocycles. The molecule has 0 radical (unpaired) electrons. The highest BCUT2D eigenvalue weighted by Crippen LogP contribution is 2.55. The smallest absolute Gasteiger partial charge is 0.162 e. The van der Waals surface area contributed by atoms with Crippen LogP contribution >= 0.6 is 0 Å². The molecule has 4 rings (SSSR count). The van der Waals surface area contributed by atoms with E-state index in [0.29, 0.717) is 5.56 Å². The fraction of sp³-hybridized carbons (Fsp3) is 0.389. The van der Waals surface area contributed by atoms with E-state index < -0.39 is 11.6 Å². The van der Waals surface area contributed by atoms with Crippen molar-refractivity contribution in [2.24, 2.45) is 0 Å². The molecule has 1 atom stereocenters. The van der Waals surface area contributed by atoms with Gasteiger partial charge in [0.2, 0.25) is 0 Å². The van der Waals surface area contributed by atoms with Gasteiger partial charge in [-0.1, -0.05) is 18.2 Å².